The van der Waals surface area contributed by atoms with Crippen LogP contribution >= 0.6 is 12.4 Å². The Bertz CT molecular complexity index is 158. The molecule has 10 heavy (non-hydrogen) atoms. The highest BCUT2D eigenvalue weighted by Crippen LogP contribution is 2.15. The molecule has 1 aliphatic carbocycles. The molecule has 0 spiro atoms. The topological polar surface area (TPSA) is 63.3 Å². The Balaban J connectivity index is 0.000000810. The van der Waals surface area contributed by atoms with Crippen LogP contribution in [0.2, 0.25) is 0 Å². The SMILES string of the molecule is Cl.NC1C=CC(C(=O)O)C1. The first-order valence-corrected chi connectivity index (χ1v) is 2.87. The smallest absolute Gasteiger partial charge is 0.310 e. The van der Waals surface area contributed by atoms with Gasteiger partial charge in [0.05, 0.1) is 5.92 Å². The average Bonchev–Trinajstić information content (AvgIpc) is 2.14. The largest absolute Gasteiger partial charge is 0.481 e. The van der Waals surface area contributed by atoms with Crippen LogP contribution in [0.15, 0.2) is 12.2 Å². The number of carbonyl (C=O) groups is 1. The minimum absolute atomic E-state index is 0. The highest BCUT2D eigenvalue weighted by atomic mass is 35.5. The molecule has 2 atom stereocenters. The van der Waals surface area contributed by atoms with E-state index in [2.05, 4.69) is 0 Å². The van der Waals surface area contributed by atoms with Crippen LogP contribution < -0.4 is 5.73 Å². The third-order valence-corrected chi connectivity index (χ3v) is 1.43. The van der Waals surface area contributed by atoms with Gasteiger partial charge in [-0.1, -0.05) is 12.2 Å². The minimum Gasteiger partial charge on any atom is -0.481 e. The standard InChI is InChI=1S/C6H9NO2.ClH/c7-5-2-1-4(3-5)6(8)9;/h1-2,4-5H,3,7H2,(H,8,9);1H. The van der Waals surface area contributed by atoms with E-state index in [1.165, 1.54) is 0 Å². The van der Waals surface area contributed by atoms with Crippen LogP contribution in [0.25, 0.3) is 0 Å². The van der Waals surface area contributed by atoms with E-state index in [1.807, 2.05) is 0 Å². The van der Waals surface area contributed by atoms with Crippen molar-refractivity contribution >= 4 is 18.4 Å². The molecule has 0 saturated carbocycles. The Morgan fingerprint density at radius 1 is 1.60 bits per heavy atom. The van der Waals surface area contributed by atoms with Crippen LogP contribution in [0, 0.1) is 5.92 Å². The molecule has 0 fully saturated rings. The highest BCUT2D eigenvalue weighted by molar-refractivity contribution is 5.85. The number of rotatable bonds is 1. The molecule has 4 heteroatoms. The lowest BCUT2D eigenvalue weighted by Gasteiger charge is -2.00. The summed E-state index contributed by atoms with van der Waals surface area (Å²) in [6, 6.07) is -0.0499. The molecule has 2 unspecified atom stereocenters. The molecule has 0 amide bonds. The summed E-state index contributed by atoms with van der Waals surface area (Å²) >= 11 is 0. The van der Waals surface area contributed by atoms with Crippen molar-refractivity contribution in [3.63, 3.8) is 0 Å². The summed E-state index contributed by atoms with van der Waals surface area (Å²) in [7, 11) is 0. The second-order valence-electron chi connectivity index (χ2n) is 2.23. The third-order valence-electron chi connectivity index (χ3n) is 1.43. The summed E-state index contributed by atoms with van der Waals surface area (Å²) in [6.07, 6.45) is 3.93. The fourth-order valence-electron chi connectivity index (χ4n) is 0.910. The van der Waals surface area contributed by atoms with Gasteiger partial charge in [0.2, 0.25) is 0 Å². The van der Waals surface area contributed by atoms with E-state index in [1.54, 1.807) is 12.2 Å². The monoisotopic (exact) mass is 163 g/mol. The van der Waals surface area contributed by atoms with Crippen LogP contribution in [0.5, 0.6) is 0 Å². The number of halogens is 1. The second-order valence-corrected chi connectivity index (χ2v) is 2.23. The van der Waals surface area contributed by atoms with Crippen molar-refractivity contribution < 1.29 is 9.90 Å². The van der Waals surface area contributed by atoms with Gasteiger partial charge in [0.25, 0.3) is 0 Å². The maximum Gasteiger partial charge on any atom is 0.310 e. The van der Waals surface area contributed by atoms with Gasteiger partial charge in [-0.15, -0.1) is 12.4 Å². The van der Waals surface area contributed by atoms with E-state index in [-0.39, 0.29) is 24.4 Å². The van der Waals surface area contributed by atoms with Gasteiger partial charge in [-0.2, -0.15) is 0 Å². The van der Waals surface area contributed by atoms with Gasteiger partial charge in [0.15, 0.2) is 0 Å². The van der Waals surface area contributed by atoms with Crippen LogP contribution in [0.1, 0.15) is 6.42 Å². The predicted octanol–water partition coefficient (Wildman–Crippen LogP) is 0.396. The fraction of sp³-hybridized carbons (Fsp3) is 0.500. The van der Waals surface area contributed by atoms with E-state index < -0.39 is 5.97 Å². The molecule has 3 nitrogen and oxygen atoms in total. The van der Waals surface area contributed by atoms with E-state index in [0.717, 1.165) is 0 Å². The van der Waals surface area contributed by atoms with Gasteiger partial charge in [-0.05, 0) is 6.42 Å². The van der Waals surface area contributed by atoms with Gasteiger partial charge in [-0.25, -0.2) is 0 Å². The van der Waals surface area contributed by atoms with Crippen LogP contribution in [-0.2, 0) is 4.79 Å². The van der Waals surface area contributed by atoms with Crippen molar-refractivity contribution in [1.29, 1.82) is 0 Å². The number of aliphatic carboxylic acids is 1. The van der Waals surface area contributed by atoms with Crippen LogP contribution in [0.3, 0.4) is 0 Å². The fourth-order valence-corrected chi connectivity index (χ4v) is 0.910. The normalized spacial score (nSPS) is 29.7. The van der Waals surface area contributed by atoms with Crippen molar-refractivity contribution in [1.82, 2.24) is 0 Å². The van der Waals surface area contributed by atoms with Gasteiger partial charge in [0, 0.05) is 6.04 Å². The Labute approximate surface area is 65.3 Å². The summed E-state index contributed by atoms with van der Waals surface area (Å²) in [5.74, 6) is -1.13. The molecule has 0 bridgehead atoms. The molecular weight excluding hydrogens is 154 g/mol. The number of hydrogen-bond acceptors (Lipinski definition) is 2. The molecule has 0 saturated heterocycles. The number of carboxylic acids is 1. The molecule has 0 aromatic heterocycles. The summed E-state index contributed by atoms with van der Waals surface area (Å²) < 4.78 is 0. The molecule has 0 heterocycles. The van der Waals surface area contributed by atoms with E-state index in [9.17, 15) is 4.79 Å². The Kier molecular flexibility index (Phi) is 3.39. The summed E-state index contributed by atoms with van der Waals surface area (Å²) in [4.78, 5) is 10.2. The lowest BCUT2D eigenvalue weighted by Crippen LogP contribution is -2.18. The van der Waals surface area contributed by atoms with Crippen LogP contribution in [0.4, 0.5) is 0 Å². The molecule has 58 valence electrons. The lowest BCUT2D eigenvalue weighted by atomic mass is 10.1. The van der Waals surface area contributed by atoms with E-state index in [0.29, 0.717) is 6.42 Å². The summed E-state index contributed by atoms with van der Waals surface area (Å²) in [5, 5.41) is 8.42. The second kappa shape index (κ2) is 3.58. The predicted molar refractivity (Wildman–Crippen MR) is 40.1 cm³/mol. The first kappa shape index (κ1) is 9.46. The minimum atomic E-state index is -0.779. The highest BCUT2D eigenvalue weighted by Gasteiger charge is 2.21. The van der Waals surface area contributed by atoms with Gasteiger partial charge >= 0.3 is 5.97 Å². The zero-order valence-electron chi connectivity index (χ0n) is 5.36. The van der Waals surface area contributed by atoms with Gasteiger partial charge in [-0.3, -0.25) is 4.79 Å². The first-order valence-electron chi connectivity index (χ1n) is 2.87. The van der Waals surface area contributed by atoms with Crippen molar-refractivity contribution in [3.05, 3.63) is 12.2 Å². The molecule has 1 aliphatic rings. The first-order chi connectivity index (χ1) is 4.20. The van der Waals surface area contributed by atoms with E-state index in [4.69, 9.17) is 10.8 Å². The molecule has 0 aromatic carbocycles. The lowest BCUT2D eigenvalue weighted by molar-refractivity contribution is -0.140. The summed E-state index contributed by atoms with van der Waals surface area (Å²) in [5.41, 5.74) is 5.41. The molecular formula is C6H10ClNO2. The molecule has 0 aromatic rings. The van der Waals surface area contributed by atoms with Crippen molar-refractivity contribution in [2.24, 2.45) is 11.7 Å². The Morgan fingerprint density at radius 2 is 2.20 bits per heavy atom. The zero-order chi connectivity index (χ0) is 6.85. The molecule has 0 radical (unpaired) electrons. The Morgan fingerprint density at radius 3 is 2.40 bits per heavy atom. The maximum absolute atomic E-state index is 10.2. The molecule has 0 aliphatic heterocycles. The zero-order valence-corrected chi connectivity index (χ0v) is 6.17. The van der Waals surface area contributed by atoms with Crippen molar-refractivity contribution in [2.75, 3.05) is 0 Å². The summed E-state index contributed by atoms with van der Waals surface area (Å²) in [6.45, 7) is 0. The Hall–Kier alpha value is -0.540. The quantitative estimate of drug-likeness (QED) is 0.550. The van der Waals surface area contributed by atoms with Gasteiger partial charge < -0.3 is 10.8 Å². The number of hydrogen-bond donors (Lipinski definition) is 2. The van der Waals surface area contributed by atoms with Crippen LogP contribution in [-0.4, -0.2) is 17.1 Å². The maximum atomic E-state index is 10.2. The van der Waals surface area contributed by atoms with Crippen molar-refractivity contribution in [3.8, 4) is 0 Å². The third kappa shape index (κ3) is 2.01. The molecule has 1 rings (SSSR count). The van der Waals surface area contributed by atoms with E-state index >= 15 is 0 Å². The van der Waals surface area contributed by atoms with Gasteiger partial charge in [0.1, 0.15) is 0 Å². The molecule has 3 N–H and O–H groups in total. The van der Waals surface area contributed by atoms with Crippen molar-refractivity contribution in [2.45, 2.75) is 12.5 Å². The number of nitrogens with two attached hydrogens (primary N) is 1. The average molecular weight is 164 g/mol. The number of carboxylic acid groups (broad SMARTS) is 1.